The molecule has 4 aliphatic rings. The summed E-state index contributed by atoms with van der Waals surface area (Å²) in [7, 11) is 0. The molecular weight excluding hydrogens is 286 g/mol. The lowest BCUT2D eigenvalue weighted by Gasteiger charge is -2.58. The van der Waals surface area contributed by atoms with E-state index in [4.69, 9.17) is 5.41 Å². The SMILES string of the molecule is CC1=CC2C(=N)C(=O)CC[C@]2(C)[C@H]2CC[C@]3(C)C(=O)CC[C@H]3[C@H]12. The Hall–Kier alpha value is -1.25. The van der Waals surface area contributed by atoms with Gasteiger partial charge in [-0.3, -0.25) is 9.59 Å². The standard InChI is InChI=1S/C20H27NO2/c1-11-10-14-18(21)15(22)7-9-19(14,2)13-6-8-20(3)12(17(11)13)4-5-16(20)23/h10,12-14,17,21H,4-9H2,1-3H3/t12-,13-,14?,17-,19+,20-/m0/s1. The fourth-order valence-electron chi connectivity index (χ4n) is 6.53. The monoisotopic (exact) mass is 313 g/mol. The molecule has 23 heavy (non-hydrogen) atoms. The molecule has 1 unspecified atom stereocenters. The van der Waals surface area contributed by atoms with E-state index in [0.717, 1.165) is 32.1 Å². The van der Waals surface area contributed by atoms with E-state index in [-0.39, 0.29) is 22.5 Å². The van der Waals surface area contributed by atoms with Gasteiger partial charge in [-0.25, -0.2) is 0 Å². The summed E-state index contributed by atoms with van der Waals surface area (Å²) in [6.07, 6.45) is 7.49. The number of hydrogen-bond donors (Lipinski definition) is 1. The Balaban J connectivity index is 1.80. The smallest absolute Gasteiger partial charge is 0.176 e. The summed E-state index contributed by atoms with van der Waals surface area (Å²) in [6, 6.07) is 0. The lowest BCUT2D eigenvalue weighted by molar-refractivity contribution is -0.132. The van der Waals surface area contributed by atoms with Crippen LogP contribution < -0.4 is 0 Å². The predicted molar refractivity (Wildman–Crippen MR) is 89.4 cm³/mol. The van der Waals surface area contributed by atoms with E-state index in [2.05, 4.69) is 26.8 Å². The average Bonchev–Trinajstić information content (AvgIpc) is 2.82. The lowest BCUT2D eigenvalue weighted by Crippen LogP contribution is -2.55. The quantitative estimate of drug-likeness (QED) is 0.688. The first-order valence-corrected chi connectivity index (χ1v) is 9.12. The molecule has 0 amide bonds. The van der Waals surface area contributed by atoms with Crippen LogP contribution in [0.3, 0.4) is 0 Å². The molecule has 0 radical (unpaired) electrons. The minimum absolute atomic E-state index is 0.00791. The first-order valence-electron chi connectivity index (χ1n) is 9.12. The van der Waals surface area contributed by atoms with Gasteiger partial charge >= 0.3 is 0 Å². The molecule has 0 aromatic carbocycles. The molecule has 124 valence electrons. The van der Waals surface area contributed by atoms with Gasteiger partial charge in [0.05, 0.1) is 5.71 Å². The number of carbonyl (C=O) groups excluding carboxylic acids is 2. The zero-order valence-electron chi connectivity index (χ0n) is 14.4. The van der Waals surface area contributed by atoms with E-state index in [9.17, 15) is 9.59 Å². The summed E-state index contributed by atoms with van der Waals surface area (Å²) in [6.45, 7) is 6.67. The van der Waals surface area contributed by atoms with Gasteiger partial charge in [0.1, 0.15) is 5.78 Å². The van der Waals surface area contributed by atoms with E-state index in [1.54, 1.807) is 0 Å². The molecule has 0 aromatic rings. The average molecular weight is 313 g/mol. The van der Waals surface area contributed by atoms with Gasteiger partial charge < -0.3 is 5.41 Å². The van der Waals surface area contributed by atoms with Crippen LogP contribution in [0.4, 0.5) is 0 Å². The number of rotatable bonds is 0. The van der Waals surface area contributed by atoms with Crippen molar-refractivity contribution in [3.05, 3.63) is 11.6 Å². The highest BCUT2D eigenvalue weighted by molar-refractivity contribution is 6.40. The number of Topliss-reactive ketones (excluding diaryl/α,β-unsaturated/α-hetero) is 2. The van der Waals surface area contributed by atoms with Crippen molar-refractivity contribution in [3.63, 3.8) is 0 Å². The van der Waals surface area contributed by atoms with E-state index in [0.29, 0.717) is 35.7 Å². The second kappa shape index (κ2) is 4.64. The Bertz CT molecular complexity index is 648. The van der Waals surface area contributed by atoms with Crippen LogP contribution >= 0.6 is 0 Å². The summed E-state index contributed by atoms with van der Waals surface area (Å²) in [5.41, 5.74) is 1.56. The van der Waals surface area contributed by atoms with Gasteiger partial charge in [-0.15, -0.1) is 0 Å². The second-order valence-electron chi connectivity index (χ2n) is 8.89. The van der Waals surface area contributed by atoms with Gasteiger partial charge in [0.15, 0.2) is 5.78 Å². The Kier molecular flexibility index (Phi) is 3.09. The molecule has 4 aliphatic carbocycles. The first-order chi connectivity index (χ1) is 10.8. The van der Waals surface area contributed by atoms with E-state index >= 15 is 0 Å². The highest BCUT2D eigenvalue weighted by Crippen LogP contribution is 2.64. The summed E-state index contributed by atoms with van der Waals surface area (Å²) < 4.78 is 0. The summed E-state index contributed by atoms with van der Waals surface area (Å²) in [5.74, 6) is 1.96. The molecule has 0 saturated heterocycles. The minimum Gasteiger partial charge on any atom is -0.301 e. The number of ketones is 2. The molecule has 3 fully saturated rings. The van der Waals surface area contributed by atoms with Crippen molar-refractivity contribution in [3.8, 4) is 0 Å². The molecule has 0 spiro atoms. The van der Waals surface area contributed by atoms with E-state index < -0.39 is 0 Å². The van der Waals surface area contributed by atoms with Gasteiger partial charge in [-0.2, -0.15) is 0 Å². The number of carbonyl (C=O) groups is 2. The maximum Gasteiger partial charge on any atom is 0.176 e. The molecule has 0 bridgehead atoms. The van der Waals surface area contributed by atoms with Gasteiger partial charge in [0, 0.05) is 24.2 Å². The predicted octanol–water partition coefficient (Wildman–Crippen LogP) is 3.96. The Morgan fingerprint density at radius 3 is 2.57 bits per heavy atom. The third-order valence-electron chi connectivity index (χ3n) is 7.99. The zero-order chi connectivity index (χ0) is 16.6. The van der Waals surface area contributed by atoms with Crippen molar-refractivity contribution in [2.75, 3.05) is 0 Å². The molecule has 0 heterocycles. The van der Waals surface area contributed by atoms with Crippen LogP contribution in [-0.2, 0) is 9.59 Å². The molecule has 0 aromatic heterocycles. The maximum atomic E-state index is 12.5. The highest BCUT2D eigenvalue weighted by atomic mass is 16.1. The first kappa shape index (κ1) is 15.3. The van der Waals surface area contributed by atoms with Crippen LogP contribution in [0.2, 0.25) is 0 Å². The summed E-state index contributed by atoms with van der Waals surface area (Å²) in [5, 5.41) is 8.31. The number of fused-ring (bicyclic) bond motifs is 5. The molecular formula is C20H27NO2. The van der Waals surface area contributed by atoms with Gasteiger partial charge in [-0.1, -0.05) is 25.5 Å². The maximum absolute atomic E-state index is 12.5. The summed E-state index contributed by atoms with van der Waals surface area (Å²) in [4.78, 5) is 24.5. The zero-order valence-corrected chi connectivity index (χ0v) is 14.4. The third-order valence-corrected chi connectivity index (χ3v) is 7.99. The Morgan fingerprint density at radius 2 is 1.83 bits per heavy atom. The Morgan fingerprint density at radius 1 is 1.09 bits per heavy atom. The second-order valence-corrected chi connectivity index (χ2v) is 8.89. The number of nitrogens with one attached hydrogen (secondary N) is 1. The topological polar surface area (TPSA) is 58.0 Å². The van der Waals surface area contributed by atoms with E-state index in [1.807, 2.05) is 0 Å². The van der Waals surface area contributed by atoms with Gasteiger partial charge in [0.2, 0.25) is 0 Å². The molecule has 0 aliphatic heterocycles. The van der Waals surface area contributed by atoms with Gasteiger partial charge in [0.25, 0.3) is 0 Å². The highest BCUT2D eigenvalue weighted by Gasteiger charge is 2.61. The van der Waals surface area contributed by atoms with Crippen LogP contribution in [0.25, 0.3) is 0 Å². The number of allylic oxidation sites excluding steroid dienone is 2. The van der Waals surface area contributed by atoms with Crippen LogP contribution in [0.15, 0.2) is 11.6 Å². The van der Waals surface area contributed by atoms with Crippen molar-refractivity contribution in [2.45, 2.75) is 59.3 Å². The van der Waals surface area contributed by atoms with Crippen molar-refractivity contribution < 1.29 is 9.59 Å². The van der Waals surface area contributed by atoms with Crippen LogP contribution in [-0.4, -0.2) is 17.3 Å². The van der Waals surface area contributed by atoms with E-state index in [1.165, 1.54) is 5.57 Å². The van der Waals surface area contributed by atoms with Gasteiger partial charge in [-0.05, 0) is 55.8 Å². The largest absolute Gasteiger partial charge is 0.301 e. The third kappa shape index (κ3) is 1.79. The van der Waals surface area contributed by atoms with Crippen LogP contribution in [0.5, 0.6) is 0 Å². The molecule has 3 heteroatoms. The van der Waals surface area contributed by atoms with Crippen LogP contribution in [0.1, 0.15) is 59.3 Å². The summed E-state index contributed by atoms with van der Waals surface area (Å²) >= 11 is 0. The van der Waals surface area contributed by atoms with Crippen LogP contribution in [0, 0.1) is 39.9 Å². The fraction of sp³-hybridized carbons (Fsp3) is 0.750. The van der Waals surface area contributed by atoms with Crippen molar-refractivity contribution >= 4 is 17.3 Å². The fourth-order valence-corrected chi connectivity index (χ4v) is 6.53. The molecule has 3 saturated carbocycles. The van der Waals surface area contributed by atoms with Crippen molar-refractivity contribution in [1.29, 1.82) is 5.41 Å². The molecule has 6 atom stereocenters. The molecule has 4 rings (SSSR count). The lowest BCUT2D eigenvalue weighted by atomic mass is 9.45. The van der Waals surface area contributed by atoms with Crippen molar-refractivity contribution in [2.24, 2.45) is 34.5 Å². The molecule has 1 N–H and O–H groups in total. The number of hydrogen-bond acceptors (Lipinski definition) is 3. The normalized spacial score (nSPS) is 49.3. The molecule has 3 nitrogen and oxygen atoms in total. The Labute approximate surface area is 138 Å². The minimum atomic E-state index is -0.128. The van der Waals surface area contributed by atoms with Crippen molar-refractivity contribution in [1.82, 2.24) is 0 Å².